The molecular weight excluding hydrogens is 502 g/mol. The molecule has 0 heterocycles. The molecule has 3 aromatic rings. The second-order valence-electron chi connectivity index (χ2n) is 8.97. The molecule has 1 atom stereocenters. The summed E-state index contributed by atoms with van der Waals surface area (Å²) in [5.74, 6) is -0.516. The van der Waals surface area contributed by atoms with Gasteiger partial charge in [-0.1, -0.05) is 67.1 Å². The average Bonchev–Trinajstić information content (AvgIpc) is 2.93. The second-order valence-corrected chi connectivity index (χ2v) is 10.8. The molecule has 0 aliphatic rings. The van der Waals surface area contributed by atoms with Crippen LogP contribution < -0.4 is 14.4 Å². The van der Waals surface area contributed by atoms with Crippen molar-refractivity contribution in [3.05, 3.63) is 90.0 Å². The molecule has 1 N–H and O–H groups in total. The quantitative estimate of drug-likeness (QED) is 0.375. The van der Waals surface area contributed by atoms with Gasteiger partial charge in [0.15, 0.2) is 0 Å². The van der Waals surface area contributed by atoms with Crippen molar-refractivity contribution in [1.29, 1.82) is 0 Å². The topological polar surface area (TPSA) is 96.0 Å². The van der Waals surface area contributed by atoms with Crippen LogP contribution in [-0.2, 0) is 26.2 Å². The van der Waals surface area contributed by atoms with Gasteiger partial charge in [0.2, 0.25) is 11.8 Å². The Morgan fingerprint density at radius 2 is 1.66 bits per heavy atom. The van der Waals surface area contributed by atoms with Crippen LogP contribution in [0.3, 0.4) is 0 Å². The monoisotopic (exact) mass is 537 g/mol. The van der Waals surface area contributed by atoms with Crippen molar-refractivity contribution in [2.24, 2.45) is 0 Å². The van der Waals surface area contributed by atoms with Crippen molar-refractivity contribution in [2.45, 2.75) is 44.7 Å². The lowest BCUT2D eigenvalue weighted by Crippen LogP contribution is -2.51. The highest BCUT2D eigenvalue weighted by Crippen LogP contribution is 2.32. The number of anilines is 1. The lowest BCUT2D eigenvalue weighted by atomic mass is 10.1. The Labute approximate surface area is 225 Å². The minimum absolute atomic E-state index is 0.0395. The maximum absolute atomic E-state index is 13.9. The lowest BCUT2D eigenvalue weighted by Gasteiger charge is -2.32. The molecule has 0 unspecified atom stereocenters. The molecule has 0 saturated heterocycles. The first-order valence-electron chi connectivity index (χ1n) is 12.5. The standard InChI is InChI=1S/C29H35N3O5S/c1-5-18-30-29(34)23(3)31(20-24-13-11-12-22(2)19-24)28(33)21-32(26-16-9-10-17-27(26)37-4)38(35,36)25-14-7-6-8-15-25/h6-17,19,23H,5,18,20-21H2,1-4H3,(H,30,34)/t23-/m0/s1. The molecule has 0 aliphatic heterocycles. The van der Waals surface area contributed by atoms with E-state index in [1.54, 1.807) is 49.4 Å². The summed E-state index contributed by atoms with van der Waals surface area (Å²) < 4.78 is 34.1. The van der Waals surface area contributed by atoms with Gasteiger partial charge in [0.1, 0.15) is 18.3 Å². The fourth-order valence-electron chi connectivity index (χ4n) is 4.05. The van der Waals surface area contributed by atoms with E-state index < -0.39 is 28.5 Å². The van der Waals surface area contributed by atoms with Crippen LogP contribution in [0.15, 0.2) is 83.8 Å². The number of para-hydroxylation sites is 2. The third-order valence-corrected chi connectivity index (χ3v) is 7.89. The van der Waals surface area contributed by atoms with E-state index in [0.717, 1.165) is 21.9 Å². The smallest absolute Gasteiger partial charge is 0.264 e. The van der Waals surface area contributed by atoms with Gasteiger partial charge < -0.3 is 15.0 Å². The highest BCUT2D eigenvalue weighted by atomic mass is 32.2. The Balaban J connectivity index is 2.04. The highest BCUT2D eigenvalue weighted by Gasteiger charge is 2.33. The van der Waals surface area contributed by atoms with Crippen LogP contribution in [0.2, 0.25) is 0 Å². The first-order valence-corrected chi connectivity index (χ1v) is 14.0. The first kappa shape index (κ1) is 28.7. The van der Waals surface area contributed by atoms with E-state index >= 15 is 0 Å². The van der Waals surface area contributed by atoms with E-state index in [9.17, 15) is 18.0 Å². The molecule has 202 valence electrons. The minimum atomic E-state index is -4.15. The number of sulfonamides is 1. The van der Waals surface area contributed by atoms with Crippen LogP contribution in [-0.4, -0.2) is 51.4 Å². The molecule has 0 saturated carbocycles. The number of hydrogen-bond donors (Lipinski definition) is 1. The summed E-state index contributed by atoms with van der Waals surface area (Å²) in [4.78, 5) is 28.3. The molecule has 3 aromatic carbocycles. The zero-order chi connectivity index (χ0) is 27.7. The van der Waals surface area contributed by atoms with Crippen molar-refractivity contribution >= 4 is 27.5 Å². The van der Waals surface area contributed by atoms with Gasteiger partial charge >= 0.3 is 0 Å². The SMILES string of the molecule is CCCNC(=O)[C@H](C)N(Cc1cccc(C)c1)C(=O)CN(c1ccccc1OC)S(=O)(=O)c1ccccc1. The Bertz CT molecular complexity index is 1350. The Kier molecular flexibility index (Phi) is 9.90. The number of amides is 2. The number of rotatable bonds is 12. The van der Waals surface area contributed by atoms with Gasteiger partial charge in [-0.3, -0.25) is 13.9 Å². The molecular formula is C29H35N3O5S. The normalized spacial score (nSPS) is 11.9. The average molecular weight is 538 g/mol. The number of carbonyl (C=O) groups is 2. The fraction of sp³-hybridized carbons (Fsp3) is 0.310. The van der Waals surface area contributed by atoms with Gasteiger partial charge in [0.05, 0.1) is 17.7 Å². The number of methoxy groups -OCH3 is 1. The summed E-state index contributed by atoms with van der Waals surface area (Å²) in [6, 6.07) is 21.4. The molecule has 0 bridgehead atoms. The van der Waals surface area contributed by atoms with Gasteiger partial charge in [-0.05, 0) is 50.1 Å². The van der Waals surface area contributed by atoms with Gasteiger partial charge in [0.25, 0.3) is 10.0 Å². The Hall–Kier alpha value is -3.85. The summed E-state index contributed by atoms with van der Waals surface area (Å²) >= 11 is 0. The van der Waals surface area contributed by atoms with Crippen molar-refractivity contribution < 1.29 is 22.7 Å². The molecule has 2 amide bonds. The molecule has 0 aliphatic carbocycles. The van der Waals surface area contributed by atoms with Crippen molar-refractivity contribution in [1.82, 2.24) is 10.2 Å². The number of nitrogens with one attached hydrogen (secondary N) is 1. The predicted molar refractivity (Wildman–Crippen MR) is 148 cm³/mol. The maximum Gasteiger partial charge on any atom is 0.264 e. The second kappa shape index (κ2) is 13.1. The number of benzene rings is 3. The van der Waals surface area contributed by atoms with Gasteiger partial charge in [-0.15, -0.1) is 0 Å². The fourth-order valence-corrected chi connectivity index (χ4v) is 5.50. The molecule has 0 fully saturated rings. The van der Waals surface area contributed by atoms with Gasteiger partial charge in [-0.2, -0.15) is 0 Å². The van der Waals surface area contributed by atoms with Crippen LogP contribution in [0, 0.1) is 6.92 Å². The van der Waals surface area contributed by atoms with E-state index in [-0.39, 0.29) is 23.0 Å². The highest BCUT2D eigenvalue weighted by molar-refractivity contribution is 7.92. The number of nitrogens with zero attached hydrogens (tertiary/aromatic N) is 2. The zero-order valence-electron chi connectivity index (χ0n) is 22.3. The molecule has 9 heteroatoms. The summed E-state index contributed by atoms with van der Waals surface area (Å²) in [7, 11) is -2.71. The van der Waals surface area contributed by atoms with Crippen molar-refractivity contribution in [2.75, 3.05) is 24.5 Å². The van der Waals surface area contributed by atoms with E-state index in [1.165, 1.54) is 24.1 Å². The molecule has 0 aromatic heterocycles. The van der Waals surface area contributed by atoms with E-state index in [1.807, 2.05) is 38.1 Å². The Morgan fingerprint density at radius 1 is 0.974 bits per heavy atom. The van der Waals surface area contributed by atoms with E-state index in [4.69, 9.17) is 4.74 Å². The van der Waals surface area contributed by atoms with Crippen LogP contribution in [0.25, 0.3) is 0 Å². The van der Waals surface area contributed by atoms with Gasteiger partial charge in [0, 0.05) is 13.1 Å². The van der Waals surface area contributed by atoms with Crippen LogP contribution >= 0.6 is 0 Å². The largest absolute Gasteiger partial charge is 0.495 e. The Morgan fingerprint density at radius 3 is 2.32 bits per heavy atom. The summed E-state index contributed by atoms with van der Waals surface area (Å²) in [5, 5.41) is 2.84. The third kappa shape index (κ3) is 6.92. The molecule has 0 spiro atoms. The third-order valence-electron chi connectivity index (χ3n) is 6.12. The van der Waals surface area contributed by atoms with Crippen LogP contribution in [0.4, 0.5) is 5.69 Å². The van der Waals surface area contributed by atoms with E-state index in [0.29, 0.717) is 12.3 Å². The number of hydrogen-bond acceptors (Lipinski definition) is 5. The number of ether oxygens (including phenoxy) is 1. The maximum atomic E-state index is 13.9. The van der Waals surface area contributed by atoms with Crippen molar-refractivity contribution in [3.63, 3.8) is 0 Å². The van der Waals surface area contributed by atoms with Gasteiger partial charge in [-0.25, -0.2) is 8.42 Å². The predicted octanol–water partition coefficient (Wildman–Crippen LogP) is 4.14. The molecule has 0 radical (unpaired) electrons. The molecule has 8 nitrogen and oxygen atoms in total. The zero-order valence-corrected chi connectivity index (χ0v) is 23.1. The number of aryl methyl sites for hydroxylation is 1. The van der Waals surface area contributed by atoms with Crippen LogP contribution in [0.1, 0.15) is 31.4 Å². The summed E-state index contributed by atoms with van der Waals surface area (Å²) in [6.07, 6.45) is 0.751. The van der Waals surface area contributed by atoms with E-state index in [2.05, 4.69) is 5.32 Å². The van der Waals surface area contributed by atoms with Crippen molar-refractivity contribution in [3.8, 4) is 5.75 Å². The number of carbonyl (C=O) groups excluding carboxylic acids is 2. The molecule has 38 heavy (non-hydrogen) atoms. The first-order chi connectivity index (χ1) is 18.2. The summed E-state index contributed by atoms with van der Waals surface area (Å²) in [5.41, 5.74) is 2.08. The molecule has 3 rings (SSSR count). The summed E-state index contributed by atoms with van der Waals surface area (Å²) in [6.45, 7) is 5.65. The minimum Gasteiger partial charge on any atom is -0.495 e. The lowest BCUT2D eigenvalue weighted by molar-refractivity contribution is -0.139. The van der Waals surface area contributed by atoms with Crippen LogP contribution in [0.5, 0.6) is 5.75 Å².